The van der Waals surface area contributed by atoms with E-state index in [0.29, 0.717) is 6.42 Å². The molecule has 0 saturated heterocycles. The second-order valence-corrected chi connectivity index (χ2v) is 6.66. The molecule has 152 valence electrons. The van der Waals surface area contributed by atoms with Crippen molar-refractivity contribution in [2.45, 2.75) is 53.6 Å². The van der Waals surface area contributed by atoms with E-state index in [-0.39, 0.29) is 39.7 Å². The highest BCUT2D eigenvalue weighted by molar-refractivity contribution is 7.59. The lowest BCUT2D eigenvalue weighted by molar-refractivity contribution is -0.156. The van der Waals surface area contributed by atoms with E-state index >= 15 is 0 Å². The Morgan fingerprint density at radius 1 is 1.07 bits per heavy atom. The molecule has 6 heteroatoms. The molecule has 0 fully saturated rings. The van der Waals surface area contributed by atoms with E-state index in [1.54, 1.807) is 27.7 Å². The van der Waals surface area contributed by atoms with Crippen LogP contribution in [0.25, 0.3) is 0 Å². The molecule has 0 aromatic heterocycles. The van der Waals surface area contributed by atoms with E-state index in [0.717, 1.165) is 11.6 Å². The maximum Gasteiger partial charge on any atom is 0.330 e. The molecular formula is C21H32O5S. The lowest BCUT2D eigenvalue weighted by atomic mass is 9.92. The molecule has 0 spiro atoms. The Kier molecular flexibility index (Phi) is 13.2. The third kappa shape index (κ3) is 12.0. The largest absolute Gasteiger partial charge is 0.463 e. The summed E-state index contributed by atoms with van der Waals surface area (Å²) in [6.45, 7) is 7.26. The van der Waals surface area contributed by atoms with Crippen molar-refractivity contribution in [3.8, 4) is 0 Å². The van der Waals surface area contributed by atoms with Gasteiger partial charge in [-0.1, -0.05) is 37.8 Å². The van der Waals surface area contributed by atoms with Crippen molar-refractivity contribution in [1.82, 2.24) is 0 Å². The molecule has 0 saturated carbocycles. The number of allylic oxidation sites excluding steroid dienone is 1. The molecule has 0 aliphatic heterocycles. The minimum Gasteiger partial charge on any atom is -0.463 e. The second-order valence-electron chi connectivity index (χ2n) is 6.66. The smallest absolute Gasteiger partial charge is 0.330 e. The fourth-order valence-electron chi connectivity index (χ4n) is 2.23. The SMILES string of the molecule is C.CCOC(=O)/C=C/C(=O)[C@@H](CC(=O)OC(C)(C)C)Cc1ccccc1.S. The molecule has 0 aliphatic rings. The van der Waals surface area contributed by atoms with Crippen LogP contribution in [0.2, 0.25) is 0 Å². The van der Waals surface area contributed by atoms with Gasteiger partial charge in [0.25, 0.3) is 0 Å². The Balaban J connectivity index is 0. The zero-order valence-electron chi connectivity index (χ0n) is 15.8. The second kappa shape index (κ2) is 13.1. The van der Waals surface area contributed by atoms with Gasteiger partial charge in [-0.2, -0.15) is 13.5 Å². The highest BCUT2D eigenvalue weighted by Crippen LogP contribution is 2.18. The maximum atomic E-state index is 12.5. The Labute approximate surface area is 169 Å². The molecule has 1 atom stereocenters. The van der Waals surface area contributed by atoms with Crippen LogP contribution in [0.1, 0.15) is 47.1 Å². The molecule has 0 aliphatic carbocycles. The van der Waals surface area contributed by atoms with Gasteiger partial charge in [0.15, 0.2) is 5.78 Å². The molecule has 0 unspecified atom stereocenters. The first kappa shape index (κ1) is 27.1. The molecule has 0 amide bonds. The van der Waals surface area contributed by atoms with Crippen LogP contribution in [-0.4, -0.2) is 29.9 Å². The zero-order chi connectivity index (χ0) is 18.9. The predicted octanol–water partition coefficient (Wildman–Crippen LogP) is 4.01. The Morgan fingerprint density at radius 3 is 2.19 bits per heavy atom. The third-order valence-electron chi connectivity index (χ3n) is 3.23. The first-order valence-corrected chi connectivity index (χ1v) is 8.35. The number of hydrogen-bond donors (Lipinski definition) is 0. The van der Waals surface area contributed by atoms with Crippen LogP contribution < -0.4 is 0 Å². The summed E-state index contributed by atoms with van der Waals surface area (Å²) < 4.78 is 10.1. The van der Waals surface area contributed by atoms with E-state index in [9.17, 15) is 14.4 Å². The Bertz CT molecular complexity index is 617. The predicted molar refractivity (Wildman–Crippen MR) is 112 cm³/mol. The van der Waals surface area contributed by atoms with Crippen molar-refractivity contribution in [2.75, 3.05) is 6.61 Å². The van der Waals surface area contributed by atoms with Gasteiger partial charge >= 0.3 is 11.9 Å². The lowest BCUT2D eigenvalue weighted by Gasteiger charge is -2.21. The van der Waals surface area contributed by atoms with E-state index in [2.05, 4.69) is 0 Å². The highest BCUT2D eigenvalue weighted by atomic mass is 32.1. The van der Waals surface area contributed by atoms with Crippen LogP contribution in [0, 0.1) is 5.92 Å². The number of esters is 2. The highest BCUT2D eigenvalue weighted by Gasteiger charge is 2.24. The number of carbonyl (C=O) groups is 3. The minimum absolute atomic E-state index is 0. The summed E-state index contributed by atoms with van der Waals surface area (Å²) in [5.74, 6) is -1.91. The van der Waals surface area contributed by atoms with Crippen LogP contribution in [0.4, 0.5) is 0 Å². The summed E-state index contributed by atoms with van der Waals surface area (Å²) in [6.07, 6.45) is 2.62. The van der Waals surface area contributed by atoms with Crippen molar-refractivity contribution in [1.29, 1.82) is 0 Å². The van der Waals surface area contributed by atoms with Gasteiger partial charge in [-0.25, -0.2) is 4.79 Å². The van der Waals surface area contributed by atoms with Crippen LogP contribution in [-0.2, 0) is 30.3 Å². The fraction of sp³-hybridized carbons (Fsp3) is 0.476. The first-order valence-electron chi connectivity index (χ1n) is 8.35. The van der Waals surface area contributed by atoms with Gasteiger partial charge in [-0.3, -0.25) is 9.59 Å². The molecule has 1 aromatic rings. The van der Waals surface area contributed by atoms with Gasteiger partial charge in [0, 0.05) is 12.0 Å². The summed E-state index contributed by atoms with van der Waals surface area (Å²) in [7, 11) is 0. The molecule has 0 radical (unpaired) electrons. The van der Waals surface area contributed by atoms with Gasteiger partial charge in [0.2, 0.25) is 0 Å². The molecule has 0 N–H and O–H groups in total. The van der Waals surface area contributed by atoms with Gasteiger partial charge in [-0.15, -0.1) is 0 Å². The number of carbonyl (C=O) groups excluding carboxylic acids is 3. The topological polar surface area (TPSA) is 69.7 Å². The van der Waals surface area contributed by atoms with E-state index in [1.807, 2.05) is 30.3 Å². The first-order chi connectivity index (χ1) is 11.7. The number of rotatable bonds is 8. The molecule has 1 rings (SSSR count). The number of benzene rings is 1. The van der Waals surface area contributed by atoms with Gasteiger partial charge in [0.05, 0.1) is 13.0 Å². The standard InChI is InChI=1S/C20H26O5.CH4.H2S/c1-5-24-18(22)12-11-17(21)16(13-15-9-7-6-8-10-15)14-19(23)25-20(2,3)4;;/h6-12,16H,5,13-14H2,1-4H3;1H4;1H2/b12-11+;;/t16-;;/m1../s1. The van der Waals surface area contributed by atoms with Crippen LogP contribution >= 0.6 is 13.5 Å². The van der Waals surface area contributed by atoms with Crippen LogP contribution in [0.3, 0.4) is 0 Å². The maximum absolute atomic E-state index is 12.5. The van der Waals surface area contributed by atoms with Gasteiger partial charge in [0.1, 0.15) is 5.60 Å². The van der Waals surface area contributed by atoms with Crippen molar-refractivity contribution >= 4 is 31.2 Å². The summed E-state index contributed by atoms with van der Waals surface area (Å²) in [6, 6.07) is 9.42. The fourth-order valence-corrected chi connectivity index (χ4v) is 2.23. The molecule has 0 heterocycles. The molecule has 27 heavy (non-hydrogen) atoms. The normalized spacial score (nSPS) is 11.7. The summed E-state index contributed by atoms with van der Waals surface area (Å²) in [5, 5.41) is 0. The van der Waals surface area contributed by atoms with E-state index in [1.165, 1.54) is 6.08 Å². The summed E-state index contributed by atoms with van der Waals surface area (Å²) in [5.41, 5.74) is 0.326. The average molecular weight is 397 g/mol. The number of ketones is 1. The molecule has 5 nitrogen and oxygen atoms in total. The Hall–Kier alpha value is -2.08. The van der Waals surface area contributed by atoms with Crippen molar-refractivity contribution in [3.05, 3.63) is 48.0 Å². The zero-order valence-corrected chi connectivity index (χ0v) is 16.8. The third-order valence-corrected chi connectivity index (χ3v) is 3.23. The molecular weight excluding hydrogens is 364 g/mol. The van der Waals surface area contributed by atoms with Crippen molar-refractivity contribution in [3.63, 3.8) is 0 Å². The molecule has 0 bridgehead atoms. The quantitative estimate of drug-likeness (QED) is 0.490. The van der Waals surface area contributed by atoms with Crippen LogP contribution in [0.5, 0.6) is 0 Å². The lowest BCUT2D eigenvalue weighted by Crippen LogP contribution is -2.27. The van der Waals surface area contributed by atoms with Crippen LogP contribution in [0.15, 0.2) is 42.5 Å². The van der Waals surface area contributed by atoms with E-state index in [4.69, 9.17) is 9.47 Å². The summed E-state index contributed by atoms with van der Waals surface area (Å²) in [4.78, 5) is 36.0. The van der Waals surface area contributed by atoms with Gasteiger partial charge < -0.3 is 9.47 Å². The van der Waals surface area contributed by atoms with E-state index < -0.39 is 23.5 Å². The average Bonchev–Trinajstić information content (AvgIpc) is 2.51. The minimum atomic E-state index is -0.613. The summed E-state index contributed by atoms with van der Waals surface area (Å²) >= 11 is 0. The number of ether oxygens (including phenoxy) is 2. The Morgan fingerprint density at radius 2 is 1.67 bits per heavy atom. The van der Waals surface area contributed by atoms with Crippen molar-refractivity contribution in [2.24, 2.45) is 5.92 Å². The molecule has 1 aromatic carbocycles. The van der Waals surface area contributed by atoms with Gasteiger partial charge in [-0.05, 0) is 45.8 Å². The van der Waals surface area contributed by atoms with Crippen molar-refractivity contribution < 1.29 is 23.9 Å². The monoisotopic (exact) mass is 396 g/mol. The number of hydrogen-bond acceptors (Lipinski definition) is 5.